The summed E-state index contributed by atoms with van der Waals surface area (Å²) in [6.07, 6.45) is -1.28. The van der Waals surface area contributed by atoms with Crippen molar-refractivity contribution >= 4 is 23.5 Å². The van der Waals surface area contributed by atoms with Gasteiger partial charge in [0.25, 0.3) is 5.91 Å². The SMILES string of the molecule is CCNC(=O)c1cc(-c2nc(N)ncc2Cl)n(-c2cc(C(F)(F)F)ccc2CC)c1. The molecule has 1 aromatic carbocycles. The molecule has 1 amide bonds. The molecule has 3 rings (SSSR count). The van der Waals surface area contributed by atoms with Crippen molar-refractivity contribution in [2.45, 2.75) is 26.4 Å². The minimum Gasteiger partial charge on any atom is -0.368 e. The number of hydrogen-bond donors (Lipinski definition) is 2. The Hall–Kier alpha value is -3.07. The lowest BCUT2D eigenvalue weighted by Gasteiger charge is -2.16. The summed E-state index contributed by atoms with van der Waals surface area (Å²) >= 11 is 6.24. The highest BCUT2D eigenvalue weighted by atomic mass is 35.5. The van der Waals surface area contributed by atoms with Crippen molar-refractivity contribution in [1.29, 1.82) is 0 Å². The van der Waals surface area contributed by atoms with Gasteiger partial charge in [-0.25, -0.2) is 9.97 Å². The lowest BCUT2D eigenvalue weighted by Crippen LogP contribution is -2.22. The molecule has 158 valence electrons. The highest BCUT2D eigenvalue weighted by molar-refractivity contribution is 6.32. The van der Waals surface area contributed by atoms with Crippen LogP contribution in [0.25, 0.3) is 17.1 Å². The summed E-state index contributed by atoms with van der Waals surface area (Å²) in [5, 5.41) is 2.82. The molecular weight excluding hydrogens is 419 g/mol. The van der Waals surface area contributed by atoms with Gasteiger partial charge in [-0.2, -0.15) is 13.2 Å². The van der Waals surface area contributed by atoms with Gasteiger partial charge in [0.15, 0.2) is 0 Å². The molecule has 0 atom stereocenters. The molecule has 2 heterocycles. The van der Waals surface area contributed by atoms with Crippen LogP contribution in [0, 0.1) is 0 Å². The van der Waals surface area contributed by atoms with E-state index in [1.807, 2.05) is 6.92 Å². The summed E-state index contributed by atoms with van der Waals surface area (Å²) in [6, 6.07) is 5.01. The number of rotatable bonds is 5. The minimum atomic E-state index is -4.52. The summed E-state index contributed by atoms with van der Waals surface area (Å²) in [4.78, 5) is 20.4. The predicted molar refractivity (Wildman–Crippen MR) is 109 cm³/mol. The van der Waals surface area contributed by atoms with Crippen LogP contribution in [0.5, 0.6) is 0 Å². The maximum atomic E-state index is 13.4. The largest absolute Gasteiger partial charge is 0.416 e. The third-order valence-electron chi connectivity index (χ3n) is 4.48. The number of halogens is 4. The Kier molecular flexibility index (Phi) is 6.02. The summed E-state index contributed by atoms with van der Waals surface area (Å²) in [7, 11) is 0. The first kappa shape index (κ1) is 21.6. The molecule has 0 spiro atoms. The van der Waals surface area contributed by atoms with E-state index < -0.39 is 11.7 Å². The Labute approximate surface area is 175 Å². The van der Waals surface area contributed by atoms with Crippen molar-refractivity contribution in [3.8, 4) is 17.1 Å². The number of nitrogens with one attached hydrogen (secondary N) is 1. The van der Waals surface area contributed by atoms with E-state index in [0.717, 1.165) is 12.1 Å². The van der Waals surface area contributed by atoms with Gasteiger partial charge in [0.05, 0.1) is 28.0 Å². The molecule has 30 heavy (non-hydrogen) atoms. The predicted octanol–water partition coefficient (Wildman–Crippen LogP) is 4.50. The molecule has 10 heteroatoms. The number of alkyl halides is 3. The minimum absolute atomic E-state index is 0.0542. The van der Waals surface area contributed by atoms with E-state index in [-0.39, 0.29) is 33.8 Å². The highest BCUT2D eigenvalue weighted by Gasteiger charge is 2.31. The summed E-state index contributed by atoms with van der Waals surface area (Å²) in [5.74, 6) is -0.429. The van der Waals surface area contributed by atoms with E-state index in [2.05, 4.69) is 15.3 Å². The van der Waals surface area contributed by atoms with E-state index in [1.54, 1.807) is 6.92 Å². The molecule has 0 radical (unpaired) electrons. The number of nitrogens with two attached hydrogens (primary N) is 1. The first-order chi connectivity index (χ1) is 14.2. The third-order valence-corrected chi connectivity index (χ3v) is 4.75. The van der Waals surface area contributed by atoms with Crippen molar-refractivity contribution in [2.24, 2.45) is 0 Å². The van der Waals surface area contributed by atoms with Gasteiger partial charge in [0.2, 0.25) is 5.95 Å². The van der Waals surface area contributed by atoms with Crippen LogP contribution in [0.15, 0.2) is 36.7 Å². The maximum Gasteiger partial charge on any atom is 0.416 e. The number of hydrogen-bond acceptors (Lipinski definition) is 4. The van der Waals surface area contributed by atoms with Crippen molar-refractivity contribution in [3.63, 3.8) is 0 Å². The van der Waals surface area contributed by atoms with Crippen LogP contribution >= 0.6 is 11.6 Å². The molecule has 0 aliphatic rings. The summed E-state index contributed by atoms with van der Waals surface area (Å²) in [5.41, 5.74) is 6.59. The molecule has 0 aliphatic heterocycles. The van der Waals surface area contributed by atoms with Gasteiger partial charge in [-0.15, -0.1) is 0 Å². The second-order valence-corrected chi connectivity index (χ2v) is 6.87. The Morgan fingerprint density at radius 1 is 1.27 bits per heavy atom. The molecule has 0 fully saturated rings. The van der Waals surface area contributed by atoms with E-state index >= 15 is 0 Å². The summed E-state index contributed by atoms with van der Waals surface area (Å²) < 4.78 is 41.6. The van der Waals surface area contributed by atoms with Crippen LogP contribution in [0.3, 0.4) is 0 Å². The van der Waals surface area contributed by atoms with Gasteiger partial charge in [0.1, 0.15) is 5.69 Å². The molecule has 0 aliphatic carbocycles. The lowest BCUT2D eigenvalue weighted by atomic mass is 10.1. The highest BCUT2D eigenvalue weighted by Crippen LogP contribution is 2.35. The zero-order valence-electron chi connectivity index (χ0n) is 16.2. The average Bonchev–Trinajstić information content (AvgIpc) is 3.14. The normalized spacial score (nSPS) is 11.5. The number of aryl methyl sites for hydroxylation is 1. The van der Waals surface area contributed by atoms with E-state index in [0.29, 0.717) is 24.2 Å². The van der Waals surface area contributed by atoms with Gasteiger partial charge < -0.3 is 15.6 Å². The van der Waals surface area contributed by atoms with Crippen LogP contribution in [0.1, 0.15) is 35.3 Å². The van der Waals surface area contributed by atoms with Crippen molar-refractivity contribution in [3.05, 3.63) is 58.4 Å². The Balaban J connectivity index is 2.31. The number of carbonyl (C=O) groups excluding carboxylic acids is 1. The Morgan fingerprint density at radius 2 is 2.00 bits per heavy atom. The zero-order valence-corrected chi connectivity index (χ0v) is 17.0. The van der Waals surface area contributed by atoms with E-state index in [9.17, 15) is 18.0 Å². The van der Waals surface area contributed by atoms with Crippen molar-refractivity contribution in [1.82, 2.24) is 19.9 Å². The first-order valence-electron chi connectivity index (χ1n) is 9.15. The number of benzene rings is 1. The number of anilines is 1. The fourth-order valence-electron chi connectivity index (χ4n) is 3.06. The van der Waals surface area contributed by atoms with E-state index in [4.69, 9.17) is 17.3 Å². The fraction of sp³-hybridized carbons (Fsp3) is 0.250. The van der Waals surface area contributed by atoms with Crippen LogP contribution in [-0.4, -0.2) is 27.0 Å². The molecule has 0 bridgehead atoms. The number of carbonyl (C=O) groups is 1. The molecular formula is C20H19ClF3N5O. The van der Waals surface area contributed by atoms with Gasteiger partial charge in [-0.1, -0.05) is 24.6 Å². The molecule has 0 saturated carbocycles. The standard InChI is InChI=1S/C20H19ClF3N5O/c1-3-11-5-6-13(20(22,23)24)8-15(11)29-10-12(18(30)26-4-2)7-16(29)17-14(21)9-27-19(25)28-17/h5-10H,3-4H2,1-2H3,(H,26,30)(H2,25,27,28). The van der Waals surface area contributed by atoms with Gasteiger partial charge in [-0.05, 0) is 37.1 Å². The third kappa shape index (κ3) is 4.25. The van der Waals surface area contributed by atoms with Crippen LogP contribution < -0.4 is 11.1 Å². The van der Waals surface area contributed by atoms with Gasteiger partial charge in [0, 0.05) is 18.4 Å². The molecule has 0 unspecified atom stereocenters. The smallest absolute Gasteiger partial charge is 0.368 e. The lowest BCUT2D eigenvalue weighted by molar-refractivity contribution is -0.137. The second-order valence-electron chi connectivity index (χ2n) is 6.46. The van der Waals surface area contributed by atoms with Crippen LogP contribution in [0.2, 0.25) is 5.02 Å². The monoisotopic (exact) mass is 437 g/mol. The molecule has 3 N–H and O–H groups in total. The Morgan fingerprint density at radius 3 is 2.63 bits per heavy atom. The molecule has 6 nitrogen and oxygen atoms in total. The number of amides is 1. The number of nitrogen functional groups attached to an aromatic ring is 1. The molecule has 2 aromatic heterocycles. The quantitative estimate of drug-likeness (QED) is 0.615. The second kappa shape index (κ2) is 8.35. The number of nitrogens with zero attached hydrogens (tertiary/aromatic N) is 3. The topological polar surface area (TPSA) is 85.8 Å². The average molecular weight is 438 g/mol. The van der Waals surface area contributed by atoms with Crippen LogP contribution in [-0.2, 0) is 12.6 Å². The Bertz CT molecular complexity index is 1090. The van der Waals surface area contributed by atoms with Crippen molar-refractivity contribution in [2.75, 3.05) is 12.3 Å². The number of aromatic nitrogens is 3. The molecule has 3 aromatic rings. The fourth-order valence-corrected chi connectivity index (χ4v) is 3.24. The molecule has 0 saturated heterocycles. The van der Waals surface area contributed by atoms with Gasteiger partial charge >= 0.3 is 6.18 Å². The van der Waals surface area contributed by atoms with E-state index in [1.165, 1.54) is 29.1 Å². The zero-order chi connectivity index (χ0) is 22.1. The van der Waals surface area contributed by atoms with Crippen LogP contribution in [0.4, 0.5) is 19.1 Å². The van der Waals surface area contributed by atoms with Crippen molar-refractivity contribution < 1.29 is 18.0 Å². The maximum absolute atomic E-state index is 13.4. The summed E-state index contributed by atoms with van der Waals surface area (Å²) in [6.45, 7) is 3.99. The first-order valence-corrected chi connectivity index (χ1v) is 9.53. The van der Waals surface area contributed by atoms with Gasteiger partial charge in [-0.3, -0.25) is 4.79 Å².